The van der Waals surface area contributed by atoms with Crippen molar-refractivity contribution in [3.8, 4) is 10.6 Å². The highest BCUT2D eigenvalue weighted by molar-refractivity contribution is 7.16. The van der Waals surface area contributed by atoms with Gasteiger partial charge in [0.2, 0.25) is 0 Å². The molecule has 1 aliphatic heterocycles. The van der Waals surface area contributed by atoms with Crippen molar-refractivity contribution >= 4 is 22.7 Å². The summed E-state index contributed by atoms with van der Waals surface area (Å²) in [5, 5.41) is 6.83. The first-order valence-corrected chi connectivity index (χ1v) is 8.40. The predicted octanol–water partition coefficient (Wildman–Crippen LogP) is 3.15. The Morgan fingerprint density at radius 1 is 1.32 bits per heavy atom. The molecule has 1 fully saturated rings. The van der Waals surface area contributed by atoms with Crippen LogP contribution in [-0.4, -0.2) is 36.1 Å². The van der Waals surface area contributed by atoms with E-state index >= 15 is 0 Å². The number of thiophene rings is 1. The van der Waals surface area contributed by atoms with Crippen LogP contribution in [0.15, 0.2) is 17.5 Å². The van der Waals surface area contributed by atoms with Crippen molar-refractivity contribution in [1.82, 2.24) is 15.2 Å². The Labute approximate surface area is 122 Å². The molecule has 0 aliphatic carbocycles. The largest absolute Gasteiger partial charge is 0.314 e. The maximum absolute atomic E-state index is 4.84. The van der Waals surface area contributed by atoms with Gasteiger partial charge in [-0.1, -0.05) is 0 Å². The summed E-state index contributed by atoms with van der Waals surface area (Å²) in [6, 6.07) is 4.77. The van der Waals surface area contributed by atoms with Crippen molar-refractivity contribution in [2.24, 2.45) is 0 Å². The summed E-state index contributed by atoms with van der Waals surface area (Å²) in [7, 11) is 0. The predicted molar refractivity (Wildman–Crippen MR) is 83.0 cm³/mol. The molecule has 102 valence electrons. The molecule has 0 saturated carbocycles. The molecule has 2 aromatic heterocycles. The maximum atomic E-state index is 4.84. The number of aryl methyl sites for hydroxylation is 1. The molecule has 0 aromatic carbocycles. The third-order valence-electron chi connectivity index (χ3n) is 3.57. The molecular weight excluding hydrogens is 274 g/mol. The molecule has 3 rings (SSSR count). The molecule has 0 bridgehead atoms. The molecule has 1 saturated heterocycles. The smallest absolute Gasteiger partial charge is 0.110 e. The number of nitrogens with zero attached hydrogens (tertiary/aromatic N) is 2. The van der Waals surface area contributed by atoms with E-state index in [0.717, 1.165) is 31.9 Å². The van der Waals surface area contributed by atoms with Crippen molar-refractivity contribution in [2.75, 3.05) is 26.2 Å². The molecule has 5 heteroatoms. The molecule has 0 amide bonds. The first-order valence-electron chi connectivity index (χ1n) is 6.71. The SMILES string of the molecule is Cc1ccc(-c2csc(C(C)N3CCNCC3)n2)s1. The average molecular weight is 293 g/mol. The topological polar surface area (TPSA) is 28.2 Å². The van der Waals surface area contributed by atoms with Crippen LogP contribution < -0.4 is 5.32 Å². The van der Waals surface area contributed by atoms with Gasteiger partial charge in [0.1, 0.15) is 5.01 Å². The third kappa shape index (κ3) is 2.89. The number of aromatic nitrogens is 1. The molecule has 3 heterocycles. The van der Waals surface area contributed by atoms with E-state index in [9.17, 15) is 0 Å². The fraction of sp³-hybridized carbons (Fsp3) is 0.500. The van der Waals surface area contributed by atoms with Gasteiger partial charge < -0.3 is 5.32 Å². The summed E-state index contributed by atoms with van der Waals surface area (Å²) in [6.07, 6.45) is 0. The Hall–Kier alpha value is -0.750. The van der Waals surface area contributed by atoms with E-state index in [2.05, 4.69) is 41.6 Å². The molecule has 1 atom stereocenters. The fourth-order valence-corrected chi connectivity index (χ4v) is 4.20. The minimum atomic E-state index is 0.432. The molecule has 1 N–H and O–H groups in total. The van der Waals surface area contributed by atoms with Crippen LogP contribution in [0.2, 0.25) is 0 Å². The molecule has 0 radical (unpaired) electrons. The summed E-state index contributed by atoms with van der Waals surface area (Å²) in [5.74, 6) is 0. The van der Waals surface area contributed by atoms with Crippen LogP contribution in [0.25, 0.3) is 10.6 Å². The number of hydrogen-bond donors (Lipinski definition) is 1. The van der Waals surface area contributed by atoms with Crippen LogP contribution in [0.4, 0.5) is 0 Å². The summed E-state index contributed by atoms with van der Waals surface area (Å²) in [5.41, 5.74) is 1.14. The number of thiazole rings is 1. The lowest BCUT2D eigenvalue weighted by atomic mass is 10.2. The van der Waals surface area contributed by atoms with Crippen LogP contribution in [0, 0.1) is 6.92 Å². The fourth-order valence-electron chi connectivity index (χ4n) is 2.39. The van der Waals surface area contributed by atoms with Crippen LogP contribution >= 0.6 is 22.7 Å². The zero-order valence-corrected chi connectivity index (χ0v) is 13.0. The second-order valence-electron chi connectivity index (χ2n) is 4.94. The Bertz CT molecular complexity index is 540. The van der Waals surface area contributed by atoms with Crippen molar-refractivity contribution in [2.45, 2.75) is 19.9 Å². The monoisotopic (exact) mass is 293 g/mol. The Morgan fingerprint density at radius 3 is 2.79 bits per heavy atom. The van der Waals surface area contributed by atoms with Crippen molar-refractivity contribution in [1.29, 1.82) is 0 Å². The highest BCUT2D eigenvalue weighted by Gasteiger charge is 2.20. The number of nitrogens with one attached hydrogen (secondary N) is 1. The number of rotatable bonds is 3. The summed E-state index contributed by atoms with van der Waals surface area (Å²) < 4.78 is 0. The van der Waals surface area contributed by atoms with Gasteiger partial charge in [-0.15, -0.1) is 22.7 Å². The van der Waals surface area contributed by atoms with Gasteiger partial charge in [-0.25, -0.2) is 4.98 Å². The third-order valence-corrected chi connectivity index (χ3v) is 5.61. The summed E-state index contributed by atoms with van der Waals surface area (Å²) >= 11 is 3.61. The van der Waals surface area contributed by atoms with E-state index in [4.69, 9.17) is 4.98 Å². The summed E-state index contributed by atoms with van der Waals surface area (Å²) in [6.45, 7) is 8.83. The lowest BCUT2D eigenvalue weighted by Gasteiger charge is -2.31. The van der Waals surface area contributed by atoms with Gasteiger partial charge in [0.15, 0.2) is 0 Å². The van der Waals surface area contributed by atoms with Crippen molar-refractivity contribution in [3.05, 3.63) is 27.4 Å². The van der Waals surface area contributed by atoms with E-state index in [1.54, 1.807) is 11.3 Å². The second kappa shape index (κ2) is 5.71. The van der Waals surface area contributed by atoms with Gasteiger partial charge in [-0.2, -0.15) is 0 Å². The second-order valence-corrected chi connectivity index (χ2v) is 7.12. The zero-order valence-electron chi connectivity index (χ0n) is 11.3. The quantitative estimate of drug-likeness (QED) is 0.942. The summed E-state index contributed by atoms with van der Waals surface area (Å²) in [4.78, 5) is 9.98. The molecule has 19 heavy (non-hydrogen) atoms. The molecule has 1 aliphatic rings. The molecule has 1 unspecified atom stereocenters. The van der Waals surface area contributed by atoms with Gasteiger partial charge in [0.05, 0.1) is 16.6 Å². The molecule has 0 spiro atoms. The van der Waals surface area contributed by atoms with Gasteiger partial charge in [0.25, 0.3) is 0 Å². The van der Waals surface area contributed by atoms with Gasteiger partial charge in [0, 0.05) is 36.4 Å². The van der Waals surface area contributed by atoms with E-state index in [1.165, 1.54) is 14.8 Å². The van der Waals surface area contributed by atoms with Crippen molar-refractivity contribution in [3.63, 3.8) is 0 Å². The zero-order chi connectivity index (χ0) is 13.2. The van der Waals surface area contributed by atoms with E-state index < -0.39 is 0 Å². The average Bonchev–Trinajstić information content (AvgIpc) is 3.07. The Morgan fingerprint density at radius 2 is 2.11 bits per heavy atom. The van der Waals surface area contributed by atoms with E-state index in [-0.39, 0.29) is 0 Å². The van der Waals surface area contributed by atoms with E-state index in [0.29, 0.717) is 6.04 Å². The van der Waals surface area contributed by atoms with Crippen LogP contribution in [-0.2, 0) is 0 Å². The lowest BCUT2D eigenvalue weighted by molar-refractivity contribution is 0.185. The Kier molecular flexibility index (Phi) is 3.98. The standard InChI is InChI=1S/C14H19N3S2/c1-10-3-4-13(19-10)12-9-18-14(16-12)11(2)17-7-5-15-6-8-17/h3-4,9,11,15H,5-8H2,1-2H3. The minimum absolute atomic E-state index is 0.432. The van der Waals surface area contributed by atoms with Crippen LogP contribution in [0.3, 0.4) is 0 Å². The van der Waals surface area contributed by atoms with Crippen LogP contribution in [0.1, 0.15) is 22.9 Å². The first kappa shape index (κ1) is 13.2. The normalized spacial score (nSPS) is 18.6. The number of hydrogen-bond acceptors (Lipinski definition) is 5. The first-order chi connectivity index (χ1) is 9.24. The van der Waals surface area contributed by atoms with E-state index in [1.807, 2.05) is 11.3 Å². The Balaban J connectivity index is 1.76. The highest BCUT2D eigenvalue weighted by Crippen LogP contribution is 2.32. The van der Waals surface area contributed by atoms with Gasteiger partial charge in [-0.05, 0) is 26.0 Å². The van der Waals surface area contributed by atoms with Gasteiger partial charge >= 0.3 is 0 Å². The molecular formula is C14H19N3S2. The maximum Gasteiger partial charge on any atom is 0.110 e. The van der Waals surface area contributed by atoms with Crippen LogP contribution in [0.5, 0.6) is 0 Å². The minimum Gasteiger partial charge on any atom is -0.314 e. The highest BCUT2D eigenvalue weighted by atomic mass is 32.1. The van der Waals surface area contributed by atoms with Crippen molar-refractivity contribution < 1.29 is 0 Å². The molecule has 2 aromatic rings. The number of piperazine rings is 1. The van der Waals surface area contributed by atoms with Gasteiger partial charge in [-0.3, -0.25) is 4.90 Å². The lowest BCUT2D eigenvalue weighted by Crippen LogP contribution is -2.44. The molecule has 3 nitrogen and oxygen atoms in total.